The number of esters is 1. The lowest BCUT2D eigenvalue weighted by Crippen LogP contribution is -2.11. The summed E-state index contributed by atoms with van der Waals surface area (Å²) in [5.74, 6) is -0.340. The number of aliphatic hydroxyl groups is 1. The summed E-state index contributed by atoms with van der Waals surface area (Å²) >= 11 is 0. The van der Waals surface area contributed by atoms with Gasteiger partial charge >= 0.3 is 5.97 Å². The van der Waals surface area contributed by atoms with Crippen molar-refractivity contribution >= 4 is 5.97 Å². The molecule has 9 heavy (non-hydrogen) atoms. The molecule has 0 bridgehead atoms. The Bertz CT molecular complexity index is 88.3. The quantitative estimate of drug-likeness (QED) is 0.562. The third-order valence-corrected chi connectivity index (χ3v) is 0.767. The van der Waals surface area contributed by atoms with Crippen molar-refractivity contribution in [2.24, 2.45) is 0 Å². The van der Waals surface area contributed by atoms with Gasteiger partial charge in [0.1, 0.15) is 0 Å². The predicted octanol–water partition coefficient (Wildman–Crippen LogP) is 0.320. The molecule has 3 heteroatoms. The lowest BCUT2D eigenvalue weighted by Gasteiger charge is -2.01. The molecule has 0 unspecified atom stereocenters. The Morgan fingerprint density at radius 2 is 2.33 bits per heavy atom. The Balaban J connectivity index is 3.27. The number of carbonyl (C=O) groups excluding carboxylic acids is 1. The number of hydrogen-bond acceptors (Lipinski definition) is 3. The Labute approximate surface area is 54.6 Å². The van der Waals surface area contributed by atoms with Crippen LogP contribution in [0.25, 0.3) is 0 Å². The summed E-state index contributed by atoms with van der Waals surface area (Å²) in [5, 5.41) is 8.65. The minimum absolute atomic E-state index is 0.0911. The largest absolute Gasteiger partial charge is 0.466 e. The summed E-state index contributed by atoms with van der Waals surface area (Å²) in [6.07, 6.45) is -0.502. The molecule has 1 N–H and O–H groups in total. The first-order chi connectivity index (χ1) is 4.16. The van der Waals surface area contributed by atoms with Gasteiger partial charge in [-0.3, -0.25) is 4.79 Å². The molecule has 0 aliphatic rings. The van der Waals surface area contributed by atoms with Gasteiger partial charge in [-0.05, 0) is 13.8 Å². The number of carbonyl (C=O) groups is 1. The maximum Gasteiger partial charge on any atom is 0.308 e. The summed E-state index contributed by atoms with van der Waals surface area (Å²) in [7, 11) is 0. The molecule has 0 aliphatic heterocycles. The van der Waals surface area contributed by atoms with Crippen molar-refractivity contribution in [3.8, 4) is 0 Å². The molecule has 0 aromatic rings. The van der Waals surface area contributed by atoms with Gasteiger partial charge in [-0.25, -0.2) is 0 Å². The Kier molecular flexibility index (Phi) is 4.05. The maximum atomic E-state index is 10.5. The first-order valence-electron chi connectivity index (χ1n) is 3.00. The van der Waals surface area contributed by atoms with Crippen LogP contribution < -0.4 is 0 Å². The van der Waals surface area contributed by atoms with Gasteiger partial charge in [0.15, 0.2) is 0 Å². The van der Waals surface area contributed by atoms with Gasteiger partial charge in [-0.2, -0.15) is 0 Å². The van der Waals surface area contributed by atoms with E-state index in [0.29, 0.717) is 6.61 Å². The second kappa shape index (κ2) is 4.32. The fourth-order valence-corrected chi connectivity index (χ4v) is 0.461. The number of rotatable bonds is 3. The monoisotopic (exact) mass is 132 g/mol. The van der Waals surface area contributed by atoms with Crippen LogP contribution in [0.1, 0.15) is 20.3 Å². The summed E-state index contributed by atoms with van der Waals surface area (Å²) in [6.45, 7) is 3.67. The minimum Gasteiger partial charge on any atom is -0.466 e. The van der Waals surface area contributed by atoms with E-state index in [2.05, 4.69) is 4.74 Å². The second-order valence-corrected chi connectivity index (χ2v) is 1.86. The van der Waals surface area contributed by atoms with Crippen LogP contribution in [-0.2, 0) is 9.53 Å². The van der Waals surface area contributed by atoms with E-state index in [4.69, 9.17) is 5.11 Å². The van der Waals surface area contributed by atoms with Crippen molar-refractivity contribution in [2.45, 2.75) is 26.4 Å². The van der Waals surface area contributed by atoms with Crippen LogP contribution in [-0.4, -0.2) is 23.8 Å². The van der Waals surface area contributed by atoms with Crippen LogP contribution in [0.5, 0.6) is 0 Å². The predicted molar refractivity (Wildman–Crippen MR) is 32.9 cm³/mol. The Morgan fingerprint density at radius 1 is 1.78 bits per heavy atom. The molecule has 3 nitrogen and oxygen atoms in total. The SMILES string of the molecule is CCOC(=O)C[C@@H](C)O. The van der Waals surface area contributed by atoms with Crippen LogP contribution in [0.15, 0.2) is 0 Å². The molecule has 0 fully saturated rings. The molecule has 0 saturated carbocycles. The highest BCUT2D eigenvalue weighted by Crippen LogP contribution is 1.91. The molecule has 0 aromatic carbocycles. The highest BCUT2D eigenvalue weighted by atomic mass is 16.5. The first-order valence-corrected chi connectivity index (χ1v) is 3.00. The topological polar surface area (TPSA) is 46.5 Å². The molecule has 0 saturated heterocycles. The van der Waals surface area contributed by atoms with Crippen LogP contribution >= 0.6 is 0 Å². The van der Waals surface area contributed by atoms with Gasteiger partial charge in [-0.1, -0.05) is 0 Å². The van der Waals surface area contributed by atoms with E-state index in [1.54, 1.807) is 13.8 Å². The third kappa shape index (κ3) is 5.30. The summed E-state index contributed by atoms with van der Waals surface area (Å²) in [4.78, 5) is 10.5. The van der Waals surface area contributed by atoms with Gasteiger partial charge in [-0.15, -0.1) is 0 Å². The van der Waals surface area contributed by atoms with Crippen molar-refractivity contribution in [1.82, 2.24) is 0 Å². The van der Waals surface area contributed by atoms with Crippen molar-refractivity contribution in [1.29, 1.82) is 0 Å². The molecule has 54 valence electrons. The molecule has 1 atom stereocenters. The molecule has 0 rings (SSSR count). The van der Waals surface area contributed by atoms with Crippen molar-refractivity contribution in [3.05, 3.63) is 0 Å². The highest BCUT2D eigenvalue weighted by molar-refractivity contribution is 5.69. The summed E-state index contributed by atoms with van der Waals surface area (Å²) in [5.41, 5.74) is 0. The zero-order chi connectivity index (χ0) is 7.28. The molecule has 0 spiro atoms. The molecule has 0 amide bonds. The smallest absolute Gasteiger partial charge is 0.308 e. The van der Waals surface area contributed by atoms with Crippen molar-refractivity contribution < 1.29 is 14.6 Å². The molecule has 0 aromatic heterocycles. The van der Waals surface area contributed by atoms with E-state index in [1.807, 2.05) is 0 Å². The normalized spacial score (nSPS) is 12.8. The number of hydrogen-bond donors (Lipinski definition) is 1. The minimum atomic E-state index is -0.593. The third-order valence-electron chi connectivity index (χ3n) is 0.767. The maximum absolute atomic E-state index is 10.5. The van der Waals surface area contributed by atoms with E-state index in [1.165, 1.54) is 0 Å². The van der Waals surface area contributed by atoms with Gasteiger partial charge in [0.25, 0.3) is 0 Å². The standard InChI is InChI=1S/C6H12O3/c1-3-9-6(8)4-5(2)7/h5,7H,3-4H2,1-2H3/t5-/m1/s1. The molecular formula is C6H12O3. The van der Waals surface area contributed by atoms with Crippen molar-refractivity contribution in [2.75, 3.05) is 6.61 Å². The van der Waals surface area contributed by atoms with Crippen LogP contribution in [0.2, 0.25) is 0 Å². The average Bonchev–Trinajstić information content (AvgIpc) is 1.63. The Hall–Kier alpha value is -0.570. The number of ether oxygens (including phenoxy) is 1. The fourth-order valence-electron chi connectivity index (χ4n) is 0.461. The number of aliphatic hydroxyl groups excluding tert-OH is 1. The van der Waals surface area contributed by atoms with Crippen LogP contribution in [0.4, 0.5) is 0 Å². The molecule has 0 radical (unpaired) electrons. The Morgan fingerprint density at radius 3 is 2.67 bits per heavy atom. The second-order valence-electron chi connectivity index (χ2n) is 1.86. The van der Waals surface area contributed by atoms with Gasteiger partial charge in [0.05, 0.1) is 19.1 Å². The van der Waals surface area contributed by atoms with E-state index in [0.717, 1.165) is 0 Å². The zero-order valence-corrected chi connectivity index (χ0v) is 5.76. The van der Waals surface area contributed by atoms with Crippen LogP contribution in [0.3, 0.4) is 0 Å². The average molecular weight is 132 g/mol. The summed E-state index contributed by atoms with van der Waals surface area (Å²) < 4.78 is 4.55. The van der Waals surface area contributed by atoms with Gasteiger partial charge in [0.2, 0.25) is 0 Å². The van der Waals surface area contributed by atoms with Crippen LogP contribution in [0, 0.1) is 0 Å². The molecular weight excluding hydrogens is 120 g/mol. The summed E-state index contributed by atoms with van der Waals surface area (Å²) in [6, 6.07) is 0. The van der Waals surface area contributed by atoms with Gasteiger partial charge < -0.3 is 9.84 Å². The van der Waals surface area contributed by atoms with E-state index >= 15 is 0 Å². The first kappa shape index (κ1) is 8.43. The van der Waals surface area contributed by atoms with E-state index in [-0.39, 0.29) is 12.4 Å². The lowest BCUT2D eigenvalue weighted by atomic mass is 10.3. The molecule has 0 aliphatic carbocycles. The van der Waals surface area contributed by atoms with Gasteiger partial charge in [0, 0.05) is 0 Å². The molecule has 0 heterocycles. The lowest BCUT2D eigenvalue weighted by molar-refractivity contribution is -0.145. The highest BCUT2D eigenvalue weighted by Gasteiger charge is 2.04. The zero-order valence-electron chi connectivity index (χ0n) is 5.76. The van der Waals surface area contributed by atoms with E-state index < -0.39 is 6.10 Å². The van der Waals surface area contributed by atoms with E-state index in [9.17, 15) is 4.79 Å². The van der Waals surface area contributed by atoms with Crippen molar-refractivity contribution in [3.63, 3.8) is 0 Å². The fraction of sp³-hybridized carbons (Fsp3) is 0.833.